The van der Waals surface area contributed by atoms with Crippen LogP contribution in [0.15, 0.2) is 30.3 Å². The van der Waals surface area contributed by atoms with E-state index in [1.807, 2.05) is 6.92 Å². The van der Waals surface area contributed by atoms with Gasteiger partial charge in [0, 0.05) is 11.3 Å². The second-order valence-electron chi connectivity index (χ2n) is 4.30. The summed E-state index contributed by atoms with van der Waals surface area (Å²) in [5.41, 5.74) is 3.34. The van der Waals surface area contributed by atoms with Gasteiger partial charge in [0.15, 0.2) is 0 Å². The molecule has 2 aromatic rings. The van der Waals surface area contributed by atoms with Crippen molar-refractivity contribution >= 4 is 5.97 Å². The van der Waals surface area contributed by atoms with Gasteiger partial charge in [-0.1, -0.05) is 6.07 Å². The minimum absolute atomic E-state index is 0.142. The summed E-state index contributed by atoms with van der Waals surface area (Å²) < 4.78 is 0. The Labute approximate surface area is 111 Å². The maximum absolute atomic E-state index is 11.3. The summed E-state index contributed by atoms with van der Waals surface area (Å²) in [5, 5.41) is 18.2. The summed E-state index contributed by atoms with van der Waals surface area (Å²) in [7, 11) is 0. The van der Waals surface area contributed by atoms with Crippen molar-refractivity contribution in [3.63, 3.8) is 0 Å². The third kappa shape index (κ3) is 2.45. The van der Waals surface area contributed by atoms with E-state index in [4.69, 9.17) is 5.26 Å². The average Bonchev–Trinajstić information content (AvgIpc) is 2.38. The van der Waals surface area contributed by atoms with Crippen LogP contribution in [0.3, 0.4) is 0 Å². The second kappa shape index (κ2) is 4.91. The molecule has 0 fully saturated rings. The van der Waals surface area contributed by atoms with Crippen LogP contribution in [-0.4, -0.2) is 16.1 Å². The number of aromatic nitrogens is 1. The monoisotopic (exact) mass is 252 g/mol. The van der Waals surface area contributed by atoms with Crippen molar-refractivity contribution in [1.29, 1.82) is 5.26 Å². The van der Waals surface area contributed by atoms with Crippen LogP contribution < -0.4 is 0 Å². The van der Waals surface area contributed by atoms with Crippen LogP contribution in [-0.2, 0) is 0 Å². The predicted molar refractivity (Wildman–Crippen MR) is 70.8 cm³/mol. The topological polar surface area (TPSA) is 74.0 Å². The first-order chi connectivity index (χ1) is 9.02. The number of hydrogen-bond acceptors (Lipinski definition) is 3. The van der Waals surface area contributed by atoms with E-state index in [-0.39, 0.29) is 5.56 Å². The Balaban J connectivity index is 2.74. The van der Waals surface area contributed by atoms with Crippen LogP contribution in [0.2, 0.25) is 0 Å². The van der Waals surface area contributed by atoms with Gasteiger partial charge < -0.3 is 5.11 Å². The molecule has 0 bridgehead atoms. The van der Waals surface area contributed by atoms with Gasteiger partial charge in [0.1, 0.15) is 0 Å². The highest BCUT2D eigenvalue weighted by atomic mass is 16.4. The van der Waals surface area contributed by atoms with Crippen LogP contribution in [0.4, 0.5) is 0 Å². The molecular formula is C15H12N2O2. The summed E-state index contributed by atoms with van der Waals surface area (Å²) in [6, 6.07) is 10.4. The van der Waals surface area contributed by atoms with Gasteiger partial charge in [0.25, 0.3) is 0 Å². The quantitative estimate of drug-likeness (QED) is 0.891. The van der Waals surface area contributed by atoms with Crippen LogP contribution in [0.1, 0.15) is 27.2 Å². The van der Waals surface area contributed by atoms with Crippen LogP contribution >= 0.6 is 0 Å². The maximum Gasteiger partial charge on any atom is 0.337 e. The molecule has 94 valence electrons. The standard InChI is InChI=1S/C15H12N2O2/c1-9-3-5-11(8-16)7-13(9)14-12(15(18)19)6-4-10(2)17-14/h3-7H,1-2H3,(H,18,19). The van der Waals surface area contributed by atoms with Gasteiger partial charge in [-0.15, -0.1) is 0 Å². The van der Waals surface area contributed by atoms with E-state index in [0.717, 1.165) is 11.3 Å². The Morgan fingerprint density at radius 3 is 2.63 bits per heavy atom. The molecular weight excluding hydrogens is 240 g/mol. The summed E-state index contributed by atoms with van der Waals surface area (Å²) in [6.45, 7) is 3.67. The zero-order valence-electron chi connectivity index (χ0n) is 10.6. The number of aromatic carboxylic acids is 1. The van der Waals surface area contributed by atoms with Gasteiger partial charge in [0.2, 0.25) is 0 Å². The number of pyridine rings is 1. The number of nitrogens with zero attached hydrogens (tertiary/aromatic N) is 2. The molecule has 0 amide bonds. The summed E-state index contributed by atoms with van der Waals surface area (Å²) in [5.74, 6) is -1.02. The van der Waals surface area contributed by atoms with Gasteiger partial charge in [-0.05, 0) is 43.7 Å². The van der Waals surface area contributed by atoms with E-state index >= 15 is 0 Å². The van der Waals surface area contributed by atoms with Crippen LogP contribution in [0.25, 0.3) is 11.3 Å². The average molecular weight is 252 g/mol. The second-order valence-corrected chi connectivity index (χ2v) is 4.30. The minimum atomic E-state index is -1.02. The number of rotatable bonds is 2. The molecule has 0 spiro atoms. The molecule has 4 nitrogen and oxygen atoms in total. The Bertz CT molecular complexity index is 700. The third-order valence-corrected chi connectivity index (χ3v) is 2.89. The Morgan fingerprint density at radius 2 is 2.00 bits per heavy atom. The highest BCUT2D eigenvalue weighted by Crippen LogP contribution is 2.26. The van der Waals surface area contributed by atoms with Crippen LogP contribution in [0, 0.1) is 25.2 Å². The van der Waals surface area contributed by atoms with Crippen molar-refractivity contribution < 1.29 is 9.90 Å². The highest BCUT2D eigenvalue weighted by Gasteiger charge is 2.15. The lowest BCUT2D eigenvalue weighted by atomic mass is 9.98. The van der Waals surface area contributed by atoms with Crippen molar-refractivity contribution in [1.82, 2.24) is 4.98 Å². The molecule has 1 heterocycles. The van der Waals surface area contributed by atoms with E-state index in [9.17, 15) is 9.90 Å². The summed E-state index contributed by atoms with van der Waals surface area (Å²) in [4.78, 5) is 15.6. The van der Waals surface area contributed by atoms with Gasteiger partial charge >= 0.3 is 5.97 Å². The molecule has 1 aromatic carbocycles. The lowest BCUT2D eigenvalue weighted by Gasteiger charge is -2.09. The van der Waals surface area contributed by atoms with Gasteiger partial charge in [-0.3, -0.25) is 4.98 Å². The molecule has 0 aliphatic heterocycles. The first kappa shape index (κ1) is 12.8. The van der Waals surface area contributed by atoms with Gasteiger partial charge in [-0.25, -0.2) is 4.79 Å². The SMILES string of the molecule is Cc1ccc(C(=O)O)c(-c2cc(C#N)ccc2C)n1. The van der Waals surface area contributed by atoms with E-state index in [1.165, 1.54) is 0 Å². The zero-order chi connectivity index (χ0) is 14.0. The first-order valence-electron chi connectivity index (χ1n) is 5.75. The number of hydrogen-bond donors (Lipinski definition) is 1. The fourth-order valence-corrected chi connectivity index (χ4v) is 1.88. The van der Waals surface area contributed by atoms with Gasteiger partial charge in [0.05, 0.1) is 22.9 Å². The number of carbonyl (C=O) groups is 1. The molecule has 2 rings (SSSR count). The summed E-state index contributed by atoms with van der Waals surface area (Å²) in [6.07, 6.45) is 0. The summed E-state index contributed by atoms with van der Waals surface area (Å²) >= 11 is 0. The normalized spacial score (nSPS) is 9.95. The first-order valence-corrected chi connectivity index (χ1v) is 5.75. The predicted octanol–water partition coefficient (Wildman–Crippen LogP) is 2.94. The van der Waals surface area contributed by atoms with E-state index in [2.05, 4.69) is 11.1 Å². The van der Waals surface area contributed by atoms with Crippen molar-refractivity contribution in [2.45, 2.75) is 13.8 Å². The molecule has 0 unspecified atom stereocenters. The molecule has 0 saturated heterocycles. The smallest absolute Gasteiger partial charge is 0.337 e. The maximum atomic E-state index is 11.3. The largest absolute Gasteiger partial charge is 0.478 e. The number of carboxylic acid groups (broad SMARTS) is 1. The fourth-order valence-electron chi connectivity index (χ4n) is 1.88. The van der Waals surface area contributed by atoms with E-state index in [0.29, 0.717) is 16.8 Å². The van der Waals surface area contributed by atoms with Crippen molar-refractivity contribution in [2.24, 2.45) is 0 Å². The van der Waals surface area contributed by atoms with Crippen molar-refractivity contribution in [2.75, 3.05) is 0 Å². The van der Waals surface area contributed by atoms with Crippen LogP contribution in [0.5, 0.6) is 0 Å². The zero-order valence-corrected chi connectivity index (χ0v) is 10.6. The third-order valence-electron chi connectivity index (χ3n) is 2.89. The Morgan fingerprint density at radius 1 is 1.26 bits per heavy atom. The van der Waals surface area contributed by atoms with Gasteiger partial charge in [-0.2, -0.15) is 5.26 Å². The molecule has 19 heavy (non-hydrogen) atoms. The molecule has 0 saturated carbocycles. The van der Waals surface area contributed by atoms with Crippen molar-refractivity contribution in [3.8, 4) is 17.3 Å². The molecule has 0 atom stereocenters. The lowest BCUT2D eigenvalue weighted by Crippen LogP contribution is -2.03. The lowest BCUT2D eigenvalue weighted by molar-refractivity contribution is 0.0697. The minimum Gasteiger partial charge on any atom is -0.478 e. The molecule has 0 aliphatic carbocycles. The van der Waals surface area contributed by atoms with E-state index < -0.39 is 5.97 Å². The molecule has 1 aromatic heterocycles. The number of aryl methyl sites for hydroxylation is 2. The molecule has 1 N–H and O–H groups in total. The Hall–Kier alpha value is -2.67. The number of carboxylic acids is 1. The molecule has 4 heteroatoms. The fraction of sp³-hybridized carbons (Fsp3) is 0.133. The van der Waals surface area contributed by atoms with E-state index in [1.54, 1.807) is 37.3 Å². The molecule has 0 aliphatic rings. The number of benzene rings is 1. The Kier molecular flexibility index (Phi) is 3.30. The van der Waals surface area contributed by atoms with Crippen molar-refractivity contribution in [3.05, 3.63) is 52.7 Å². The molecule has 0 radical (unpaired) electrons. The number of nitriles is 1. The highest BCUT2D eigenvalue weighted by molar-refractivity contribution is 5.95.